The van der Waals surface area contributed by atoms with Crippen molar-refractivity contribution in [1.29, 1.82) is 0 Å². The van der Waals surface area contributed by atoms with E-state index in [1.807, 2.05) is 24.3 Å². The van der Waals surface area contributed by atoms with Crippen LogP contribution in [-0.4, -0.2) is 19.2 Å². The predicted octanol–water partition coefficient (Wildman–Crippen LogP) is 5.97. The summed E-state index contributed by atoms with van der Waals surface area (Å²) in [5.74, 6) is 0. The average molecular weight is 393 g/mol. The second kappa shape index (κ2) is 8.26. The normalized spacial score (nSPS) is 19.0. The molecule has 1 aliphatic heterocycles. The van der Waals surface area contributed by atoms with E-state index in [9.17, 15) is 0 Å². The number of aryl methyl sites for hydroxylation is 2. The molecule has 4 heteroatoms. The van der Waals surface area contributed by atoms with E-state index in [0.717, 1.165) is 35.1 Å². The molecule has 1 N–H and O–H groups in total. The van der Waals surface area contributed by atoms with Crippen molar-refractivity contribution in [3.63, 3.8) is 0 Å². The van der Waals surface area contributed by atoms with Crippen LogP contribution in [0.4, 0.5) is 11.4 Å². The molecular weight excluding hydrogens is 368 g/mol. The lowest BCUT2D eigenvalue weighted by molar-refractivity contribution is 0.0555. The third-order valence-corrected chi connectivity index (χ3v) is 5.47. The highest BCUT2D eigenvalue weighted by atomic mass is 35.5. The molecule has 3 aromatic carbocycles. The molecule has 144 valence electrons. The Kier molecular flexibility index (Phi) is 5.56. The minimum absolute atomic E-state index is 0.0591. The van der Waals surface area contributed by atoms with Crippen LogP contribution in [0.3, 0.4) is 0 Å². The maximum atomic E-state index is 6.50. The van der Waals surface area contributed by atoms with Crippen molar-refractivity contribution < 1.29 is 4.74 Å². The summed E-state index contributed by atoms with van der Waals surface area (Å²) >= 11 is 6.50. The molecule has 3 nitrogen and oxygen atoms in total. The third-order valence-electron chi connectivity index (χ3n) is 5.13. The van der Waals surface area contributed by atoms with Crippen LogP contribution >= 0.6 is 11.6 Å². The quantitative estimate of drug-likeness (QED) is 0.578. The van der Waals surface area contributed by atoms with Crippen LogP contribution in [0.15, 0.2) is 72.8 Å². The van der Waals surface area contributed by atoms with Crippen LogP contribution in [0.5, 0.6) is 0 Å². The fraction of sp³-hybridized carbons (Fsp3) is 0.250. The van der Waals surface area contributed by atoms with Crippen molar-refractivity contribution in [3.05, 3.63) is 94.5 Å². The predicted molar refractivity (Wildman–Crippen MR) is 117 cm³/mol. The molecule has 0 spiro atoms. The summed E-state index contributed by atoms with van der Waals surface area (Å²) in [6, 6.07) is 24.9. The van der Waals surface area contributed by atoms with Gasteiger partial charge in [-0.3, -0.25) is 0 Å². The Bertz CT molecular complexity index is 924. The number of benzene rings is 3. The van der Waals surface area contributed by atoms with E-state index in [-0.39, 0.29) is 12.3 Å². The molecule has 1 heterocycles. The zero-order chi connectivity index (χ0) is 19.5. The number of hydrogen-bond acceptors (Lipinski definition) is 3. The minimum atomic E-state index is -0.193. The molecule has 0 saturated carbocycles. The fourth-order valence-electron chi connectivity index (χ4n) is 3.52. The van der Waals surface area contributed by atoms with Gasteiger partial charge in [0, 0.05) is 35.1 Å². The largest absolute Gasteiger partial charge is 0.382 e. The number of hydrogen-bond donors (Lipinski definition) is 1. The maximum absolute atomic E-state index is 6.50. The van der Waals surface area contributed by atoms with Gasteiger partial charge in [-0.05, 0) is 44.2 Å². The van der Waals surface area contributed by atoms with Gasteiger partial charge < -0.3 is 15.0 Å². The van der Waals surface area contributed by atoms with Gasteiger partial charge in [0.1, 0.15) is 0 Å². The van der Waals surface area contributed by atoms with Crippen LogP contribution in [0.2, 0.25) is 5.02 Å². The Morgan fingerprint density at radius 1 is 0.929 bits per heavy atom. The number of anilines is 2. The van der Waals surface area contributed by atoms with E-state index < -0.39 is 0 Å². The number of ether oxygens (including phenoxy) is 1. The fourth-order valence-corrected chi connectivity index (χ4v) is 3.75. The summed E-state index contributed by atoms with van der Waals surface area (Å²) in [5, 5.41) is 4.23. The Balaban J connectivity index is 1.55. The van der Waals surface area contributed by atoms with Gasteiger partial charge in [0.25, 0.3) is 0 Å². The Labute approximate surface area is 171 Å². The molecule has 2 atom stereocenters. The Morgan fingerprint density at radius 3 is 2.25 bits per heavy atom. The number of nitrogens with one attached hydrogen (secondary N) is 1. The standard InChI is InChI=1S/C24H25ClN2O/c1-17-7-11-19(12-8-17)26-15-21-16-27(20-13-9-18(2)10-14-20)24(28-21)22-5-3-4-6-23(22)25/h3-14,21,24,26H,15-16H2,1-2H3. The molecule has 0 aliphatic carbocycles. The van der Waals surface area contributed by atoms with E-state index in [0.29, 0.717) is 0 Å². The molecule has 0 amide bonds. The lowest BCUT2D eigenvalue weighted by Gasteiger charge is -2.26. The lowest BCUT2D eigenvalue weighted by Crippen LogP contribution is -2.27. The molecule has 1 aliphatic rings. The van der Waals surface area contributed by atoms with E-state index in [1.54, 1.807) is 0 Å². The van der Waals surface area contributed by atoms with Crippen molar-refractivity contribution in [1.82, 2.24) is 0 Å². The van der Waals surface area contributed by atoms with Gasteiger partial charge in [0.05, 0.1) is 6.10 Å². The summed E-state index contributed by atoms with van der Waals surface area (Å²) in [4.78, 5) is 2.29. The molecule has 2 unspecified atom stereocenters. The van der Waals surface area contributed by atoms with Gasteiger partial charge in [-0.2, -0.15) is 0 Å². The average Bonchev–Trinajstić information content (AvgIpc) is 3.12. The van der Waals surface area contributed by atoms with Gasteiger partial charge >= 0.3 is 0 Å². The summed E-state index contributed by atoms with van der Waals surface area (Å²) < 4.78 is 6.45. The van der Waals surface area contributed by atoms with Crippen LogP contribution in [0.1, 0.15) is 22.9 Å². The van der Waals surface area contributed by atoms with Gasteiger partial charge in [0.2, 0.25) is 0 Å². The van der Waals surface area contributed by atoms with Crippen LogP contribution in [0, 0.1) is 13.8 Å². The second-order valence-electron chi connectivity index (χ2n) is 7.37. The van der Waals surface area contributed by atoms with Crippen LogP contribution in [-0.2, 0) is 4.74 Å². The highest BCUT2D eigenvalue weighted by molar-refractivity contribution is 6.31. The van der Waals surface area contributed by atoms with Gasteiger partial charge in [-0.25, -0.2) is 0 Å². The second-order valence-corrected chi connectivity index (χ2v) is 7.77. The molecule has 1 saturated heterocycles. The van der Waals surface area contributed by atoms with Crippen LogP contribution in [0.25, 0.3) is 0 Å². The SMILES string of the molecule is Cc1ccc(NCC2CN(c3ccc(C)cc3)C(c3ccccc3Cl)O2)cc1. The number of halogens is 1. The van der Waals surface area contributed by atoms with E-state index in [2.05, 4.69) is 72.6 Å². The molecule has 3 aromatic rings. The minimum Gasteiger partial charge on any atom is -0.382 e. The summed E-state index contributed by atoms with van der Waals surface area (Å²) in [7, 11) is 0. The molecular formula is C24H25ClN2O. The van der Waals surface area contributed by atoms with E-state index in [1.165, 1.54) is 11.1 Å². The molecule has 28 heavy (non-hydrogen) atoms. The van der Waals surface area contributed by atoms with Crippen molar-refractivity contribution in [3.8, 4) is 0 Å². The Morgan fingerprint density at radius 2 is 1.57 bits per heavy atom. The molecule has 4 rings (SSSR count). The molecule has 0 radical (unpaired) electrons. The highest BCUT2D eigenvalue weighted by Crippen LogP contribution is 2.37. The first-order valence-electron chi connectivity index (χ1n) is 9.64. The van der Waals surface area contributed by atoms with Crippen molar-refractivity contribution >= 4 is 23.0 Å². The highest BCUT2D eigenvalue weighted by Gasteiger charge is 2.35. The van der Waals surface area contributed by atoms with Crippen molar-refractivity contribution in [2.24, 2.45) is 0 Å². The third kappa shape index (κ3) is 4.16. The maximum Gasteiger partial charge on any atom is 0.158 e. The van der Waals surface area contributed by atoms with Gasteiger partial charge in [-0.15, -0.1) is 0 Å². The number of nitrogens with zero attached hydrogens (tertiary/aromatic N) is 1. The molecule has 0 aromatic heterocycles. The summed E-state index contributed by atoms with van der Waals surface area (Å²) in [6.07, 6.45) is -0.134. The van der Waals surface area contributed by atoms with Crippen LogP contribution < -0.4 is 10.2 Å². The van der Waals surface area contributed by atoms with E-state index >= 15 is 0 Å². The monoisotopic (exact) mass is 392 g/mol. The smallest absolute Gasteiger partial charge is 0.158 e. The first-order valence-corrected chi connectivity index (χ1v) is 10.0. The first kappa shape index (κ1) is 18.9. The van der Waals surface area contributed by atoms with E-state index in [4.69, 9.17) is 16.3 Å². The summed E-state index contributed by atoms with van der Waals surface area (Å²) in [5.41, 5.74) is 5.76. The lowest BCUT2D eigenvalue weighted by atomic mass is 10.1. The molecule has 1 fully saturated rings. The zero-order valence-corrected chi connectivity index (χ0v) is 17.0. The number of rotatable bonds is 5. The van der Waals surface area contributed by atoms with Crippen molar-refractivity contribution in [2.45, 2.75) is 26.2 Å². The van der Waals surface area contributed by atoms with Gasteiger partial charge in [0.15, 0.2) is 6.23 Å². The first-order chi connectivity index (χ1) is 13.6. The van der Waals surface area contributed by atoms with Crippen molar-refractivity contribution in [2.75, 3.05) is 23.3 Å². The van der Waals surface area contributed by atoms with Gasteiger partial charge in [-0.1, -0.05) is 65.2 Å². The summed E-state index contributed by atoms with van der Waals surface area (Å²) in [6.45, 7) is 5.74. The zero-order valence-electron chi connectivity index (χ0n) is 16.2. The molecule has 0 bridgehead atoms. The Hall–Kier alpha value is -2.49. The topological polar surface area (TPSA) is 24.5 Å².